The minimum absolute atomic E-state index is 0.0273. The molecule has 3 atom stereocenters. The molecule has 1 aliphatic carbocycles. The highest BCUT2D eigenvalue weighted by molar-refractivity contribution is 5.89. The van der Waals surface area contributed by atoms with E-state index in [-0.39, 0.29) is 67.9 Å². The summed E-state index contributed by atoms with van der Waals surface area (Å²) >= 11 is 0. The number of carbonyl (C=O) groups excluding carboxylic acids is 5. The average Bonchev–Trinajstić information content (AvgIpc) is 3.65. The van der Waals surface area contributed by atoms with Crippen LogP contribution >= 0.6 is 0 Å². The number of Topliss-reactive ketones (excluding diaryl/α,β-unsaturated/α-hetero) is 3. The van der Waals surface area contributed by atoms with Gasteiger partial charge in [0.15, 0.2) is 5.78 Å². The van der Waals surface area contributed by atoms with E-state index >= 15 is 0 Å². The Morgan fingerprint density at radius 3 is 2.20 bits per heavy atom. The van der Waals surface area contributed by atoms with Crippen LogP contribution in [0.15, 0.2) is 48.7 Å². The van der Waals surface area contributed by atoms with E-state index in [4.69, 9.17) is 0 Å². The van der Waals surface area contributed by atoms with Crippen LogP contribution in [0.25, 0.3) is 10.8 Å². The number of quaternary nitrogens is 1. The van der Waals surface area contributed by atoms with Crippen LogP contribution in [0.1, 0.15) is 102 Å². The molecule has 5 N–H and O–H groups in total. The van der Waals surface area contributed by atoms with Gasteiger partial charge < -0.3 is 35.4 Å². The Kier molecular flexibility index (Phi) is 18.5. The third-order valence-electron chi connectivity index (χ3n) is 11.8. The zero-order valence-electron chi connectivity index (χ0n) is 36.1. The van der Waals surface area contributed by atoms with Gasteiger partial charge in [-0.25, -0.2) is 19.1 Å². The number of hydrogen-bond acceptors (Lipinski definition) is 9. The predicted molar refractivity (Wildman–Crippen MR) is 228 cm³/mol. The highest BCUT2D eigenvalue weighted by atomic mass is 16.4. The highest BCUT2D eigenvalue weighted by Gasteiger charge is 2.31. The molecule has 4 rings (SSSR count). The molecule has 0 spiro atoms. The van der Waals surface area contributed by atoms with E-state index < -0.39 is 36.0 Å². The van der Waals surface area contributed by atoms with Crippen molar-refractivity contribution in [2.24, 2.45) is 17.8 Å². The van der Waals surface area contributed by atoms with Crippen LogP contribution in [-0.4, -0.2) is 110 Å². The van der Waals surface area contributed by atoms with E-state index in [0.717, 1.165) is 58.9 Å². The zero-order valence-corrected chi connectivity index (χ0v) is 36.1. The van der Waals surface area contributed by atoms with Gasteiger partial charge in [-0.05, 0) is 100 Å². The number of rotatable bonds is 26. The van der Waals surface area contributed by atoms with E-state index in [1.807, 2.05) is 48.7 Å². The summed E-state index contributed by atoms with van der Waals surface area (Å²) in [7, 11) is 4.25. The van der Waals surface area contributed by atoms with Crippen LogP contribution in [0.2, 0.25) is 0 Å². The van der Waals surface area contributed by atoms with Crippen molar-refractivity contribution in [3.8, 4) is 0 Å². The number of carboxylic acids is 2. The summed E-state index contributed by atoms with van der Waals surface area (Å²) in [6.45, 7) is 5.55. The predicted octanol–water partition coefficient (Wildman–Crippen LogP) is 4.86. The van der Waals surface area contributed by atoms with Crippen molar-refractivity contribution in [2.75, 3.05) is 27.2 Å². The van der Waals surface area contributed by atoms with E-state index in [1.165, 1.54) is 6.92 Å². The molecule has 1 aliphatic rings. The maximum absolute atomic E-state index is 13.8. The first kappa shape index (κ1) is 48.2. The number of nitrogens with zero attached hydrogens (tertiary/aromatic N) is 4. The molecule has 1 unspecified atom stereocenters. The van der Waals surface area contributed by atoms with Gasteiger partial charge in [0.2, 0.25) is 5.91 Å². The number of aromatic nitrogens is 3. The molecule has 16 heteroatoms. The maximum Gasteiger partial charge on any atom is 0.326 e. The summed E-state index contributed by atoms with van der Waals surface area (Å²) in [5, 5.41) is 37.0. The Morgan fingerprint density at radius 2 is 1.54 bits per heavy atom. The summed E-state index contributed by atoms with van der Waals surface area (Å²) in [4.78, 5) is 87.4. The number of carboxylic acid groups (broad SMARTS) is 2. The number of benzene rings is 2. The summed E-state index contributed by atoms with van der Waals surface area (Å²) in [6.07, 6.45) is 7.20. The highest BCUT2D eigenvalue weighted by Crippen LogP contribution is 2.34. The van der Waals surface area contributed by atoms with Gasteiger partial charge in [0.1, 0.15) is 42.4 Å². The van der Waals surface area contributed by atoms with Gasteiger partial charge in [0.05, 0.1) is 26.8 Å². The number of amides is 3. The van der Waals surface area contributed by atoms with Crippen molar-refractivity contribution in [3.05, 3.63) is 59.9 Å². The number of hydrogen-bond donors (Lipinski definition) is 5. The van der Waals surface area contributed by atoms with Crippen LogP contribution in [0.4, 0.5) is 4.79 Å². The smallest absolute Gasteiger partial charge is 0.326 e. The summed E-state index contributed by atoms with van der Waals surface area (Å²) in [6, 6.07) is 10.3. The van der Waals surface area contributed by atoms with Crippen molar-refractivity contribution >= 4 is 52.0 Å². The molecular weight excluding hydrogens is 783 g/mol. The van der Waals surface area contributed by atoms with Gasteiger partial charge in [-0.2, -0.15) is 0 Å². The monoisotopic (exact) mass is 846 g/mol. The van der Waals surface area contributed by atoms with Crippen LogP contribution < -0.4 is 16.0 Å². The molecule has 3 aromatic rings. The van der Waals surface area contributed by atoms with Gasteiger partial charge in [0, 0.05) is 37.6 Å². The summed E-state index contributed by atoms with van der Waals surface area (Å²) in [5.41, 5.74) is 1.80. The number of carbonyl (C=O) groups is 7. The quantitative estimate of drug-likeness (QED) is 0.0542. The first-order chi connectivity index (χ1) is 29.0. The molecule has 0 bridgehead atoms. The molecule has 332 valence electrons. The molecule has 61 heavy (non-hydrogen) atoms. The molecule has 1 saturated carbocycles. The number of aliphatic carboxylic acids is 2. The largest absolute Gasteiger partial charge is 0.480 e. The van der Waals surface area contributed by atoms with Crippen molar-refractivity contribution in [1.29, 1.82) is 0 Å². The van der Waals surface area contributed by atoms with E-state index in [9.17, 15) is 43.8 Å². The Hall–Kier alpha value is -5.51. The van der Waals surface area contributed by atoms with Crippen molar-refractivity contribution in [1.82, 2.24) is 30.9 Å². The van der Waals surface area contributed by atoms with Gasteiger partial charge in [-0.15, -0.1) is 5.10 Å². The third-order valence-corrected chi connectivity index (χ3v) is 11.8. The summed E-state index contributed by atoms with van der Waals surface area (Å²) < 4.78 is 2.40. The molecule has 0 radical (unpaired) electrons. The first-order valence-electron chi connectivity index (χ1n) is 21.5. The van der Waals surface area contributed by atoms with Crippen molar-refractivity contribution in [3.63, 3.8) is 0 Å². The molecule has 2 aromatic carbocycles. The summed E-state index contributed by atoms with van der Waals surface area (Å²) in [5.74, 6) is -3.40. The molecule has 1 heterocycles. The second kappa shape index (κ2) is 23.5. The number of ketones is 3. The number of nitrogens with one attached hydrogen (secondary N) is 3. The van der Waals surface area contributed by atoms with Gasteiger partial charge >= 0.3 is 18.0 Å². The minimum atomic E-state index is -1.35. The maximum atomic E-state index is 13.8. The fourth-order valence-corrected chi connectivity index (χ4v) is 7.80. The Bertz CT molecular complexity index is 1990. The second-order valence-electron chi connectivity index (χ2n) is 17.3. The normalized spacial score (nSPS) is 16.9. The number of unbranched alkanes of at least 4 members (excludes halogenated alkanes) is 1. The van der Waals surface area contributed by atoms with Crippen LogP contribution in [0.3, 0.4) is 0 Å². The molecule has 0 saturated heterocycles. The molecule has 3 amide bonds. The molecule has 0 aliphatic heterocycles. The molecule has 16 nitrogen and oxygen atoms in total. The van der Waals surface area contributed by atoms with Crippen molar-refractivity contribution in [2.45, 2.75) is 122 Å². The lowest BCUT2D eigenvalue weighted by molar-refractivity contribution is -0.902. The fraction of sp³-hybridized carbons (Fsp3) is 0.578. The second-order valence-corrected chi connectivity index (χ2v) is 17.3. The number of urea groups is 1. The minimum Gasteiger partial charge on any atom is -0.480 e. The fourth-order valence-electron chi connectivity index (χ4n) is 7.80. The van der Waals surface area contributed by atoms with Gasteiger partial charge in [-0.1, -0.05) is 47.7 Å². The van der Waals surface area contributed by atoms with Crippen LogP contribution in [-0.2, 0) is 48.3 Å². The van der Waals surface area contributed by atoms with Crippen molar-refractivity contribution < 1.29 is 48.3 Å². The lowest BCUT2D eigenvalue weighted by Gasteiger charge is -2.28. The number of fused-ring (bicyclic) bond motifs is 1. The lowest BCUT2D eigenvalue weighted by Crippen LogP contribution is -2.51. The lowest BCUT2D eigenvalue weighted by atomic mass is 9.76. The van der Waals surface area contributed by atoms with Crippen LogP contribution in [0.5, 0.6) is 0 Å². The van der Waals surface area contributed by atoms with Gasteiger partial charge in [0.25, 0.3) is 0 Å². The van der Waals surface area contributed by atoms with E-state index in [1.54, 1.807) is 4.68 Å². The molecule has 1 aromatic heterocycles. The Labute approximate surface area is 357 Å². The first-order valence-corrected chi connectivity index (χ1v) is 21.5. The Balaban J connectivity index is 1.26. The Morgan fingerprint density at radius 1 is 0.869 bits per heavy atom. The third kappa shape index (κ3) is 16.5. The molecular formula is C45H64N7O9+. The van der Waals surface area contributed by atoms with Gasteiger partial charge in [-0.3, -0.25) is 14.4 Å². The van der Waals surface area contributed by atoms with Crippen LogP contribution in [0, 0.1) is 17.8 Å². The topological polar surface area (TPSA) is 227 Å². The SMILES string of the molecule is CC[N+](C)(C)Cc1cn(CC(=O)CCC2CCC(C(=O)CC(Cc3ccc4ccccc4c3)C(=O)NCCCC[C@H](NC(=O)N[C@@H](CCC(C)=O)C(=O)O)C(=O)O)CC2)nn1. The van der Waals surface area contributed by atoms with E-state index in [0.29, 0.717) is 44.4 Å². The average molecular weight is 847 g/mol. The molecule has 1 fully saturated rings. The van der Waals surface area contributed by atoms with E-state index in [2.05, 4.69) is 47.3 Å². The zero-order chi connectivity index (χ0) is 44.5. The standard InChI is InChI=1S/C45H63N7O9/c1-5-52(3,4)29-37-27-51(50-49-37)28-38(54)21-17-31-14-19-34(20-15-31)41(55)26-36(25-32-16-18-33-10-6-7-11-35(33)24-32)42(56)46-23-9-8-12-39(43(57)58)47-45(61)48-40(44(59)60)22-13-30(2)53/h6-7,10-11,16,18,24,27,31,34,36,39-40H,5,8-9,12-15,17,19-23,25-26,28-29H2,1-4H3,(H4-,46,47,48,56,57,58,59,60,61)/p+1/t31?,34?,36?,39-,40-/m0/s1.